The summed E-state index contributed by atoms with van der Waals surface area (Å²) in [6.45, 7) is 4.68. The van der Waals surface area contributed by atoms with Crippen LogP contribution in [0, 0.1) is 0 Å². The number of carbonyl (C=O) groups excluding carboxylic acids is 2. The number of hydrogen-bond donors (Lipinski definition) is 1. The van der Waals surface area contributed by atoms with Gasteiger partial charge in [-0.2, -0.15) is 0 Å². The predicted molar refractivity (Wildman–Crippen MR) is 79.1 cm³/mol. The summed E-state index contributed by atoms with van der Waals surface area (Å²) in [6.07, 6.45) is -0.806. The fraction of sp³-hybridized carbons (Fsp3) is 0.857. The molecule has 0 fully saturated rings. The molecule has 0 saturated heterocycles. The zero-order chi connectivity index (χ0) is 16.6. The minimum absolute atomic E-state index is 0.159. The number of rotatable bonds is 6. The average molecular weight is 292 g/mol. The van der Waals surface area contributed by atoms with E-state index in [0.29, 0.717) is 17.6 Å². The van der Waals surface area contributed by atoms with Crippen LogP contribution in [0.1, 0.15) is 13.8 Å². The summed E-state index contributed by atoms with van der Waals surface area (Å²) in [5, 5.41) is 9.10. The molecule has 0 amide bonds. The van der Waals surface area contributed by atoms with Gasteiger partial charge in [0.1, 0.15) is 19.7 Å². The number of ketones is 1. The van der Waals surface area contributed by atoms with Crippen LogP contribution in [0.15, 0.2) is 0 Å². The van der Waals surface area contributed by atoms with E-state index in [4.69, 9.17) is 9.84 Å². The summed E-state index contributed by atoms with van der Waals surface area (Å²) < 4.78 is 6.20. The molecule has 0 aliphatic heterocycles. The Morgan fingerprint density at radius 3 is 1.65 bits per heavy atom. The van der Waals surface area contributed by atoms with Crippen molar-refractivity contribution in [1.29, 1.82) is 0 Å². The maximum atomic E-state index is 10.6. The lowest BCUT2D eigenvalue weighted by Gasteiger charge is -2.25. The first-order chi connectivity index (χ1) is 8.74. The van der Waals surface area contributed by atoms with Crippen molar-refractivity contribution in [3.8, 4) is 0 Å². The van der Waals surface area contributed by atoms with Gasteiger partial charge in [-0.25, -0.2) is 0 Å². The third kappa shape index (κ3) is 19.4. The quantitative estimate of drug-likeness (QED) is 0.548. The second-order valence-corrected chi connectivity index (χ2v) is 6.95. The Morgan fingerprint density at radius 2 is 1.45 bits per heavy atom. The molecule has 6 heteroatoms. The highest BCUT2D eigenvalue weighted by Crippen LogP contribution is 1.95. The first-order valence-electron chi connectivity index (χ1n) is 6.67. The van der Waals surface area contributed by atoms with E-state index in [1.807, 2.05) is 21.1 Å². The van der Waals surface area contributed by atoms with E-state index in [9.17, 15) is 9.59 Å². The highest BCUT2D eigenvalue weighted by Gasteiger charge is 2.18. The molecule has 0 aliphatic rings. The van der Waals surface area contributed by atoms with E-state index in [1.54, 1.807) is 0 Å². The molecule has 0 aliphatic carbocycles. The van der Waals surface area contributed by atoms with Crippen molar-refractivity contribution in [2.24, 2.45) is 0 Å². The Kier molecular flexibility index (Phi) is 9.64. The second kappa shape index (κ2) is 9.05. The molecule has 0 rings (SSSR count). The van der Waals surface area contributed by atoms with Gasteiger partial charge >= 0.3 is 5.97 Å². The number of quaternary nitrogens is 2. The number of nitrogens with zero attached hydrogens (tertiary/aromatic N) is 2. The highest BCUT2D eigenvalue weighted by molar-refractivity contribution is 5.80. The fourth-order valence-electron chi connectivity index (χ4n) is 1.11. The minimum atomic E-state index is -0.806. The van der Waals surface area contributed by atoms with Gasteiger partial charge in [0.05, 0.1) is 42.3 Å². The molecule has 120 valence electrons. The van der Waals surface area contributed by atoms with Crippen molar-refractivity contribution in [2.45, 2.75) is 20.0 Å². The van der Waals surface area contributed by atoms with E-state index in [-0.39, 0.29) is 11.8 Å². The van der Waals surface area contributed by atoms with Crippen molar-refractivity contribution in [3.63, 3.8) is 0 Å². The smallest absolute Gasteiger partial charge is 0.302 e. The fourth-order valence-corrected chi connectivity index (χ4v) is 1.11. The molecule has 0 aromatic heterocycles. The van der Waals surface area contributed by atoms with E-state index in [0.717, 1.165) is 11.0 Å². The third-order valence-corrected chi connectivity index (χ3v) is 2.26. The van der Waals surface area contributed by atoms with Gasteiger partial charge in [0.2, 0.25) is 0 Å². The molecule has 20 heavy (non-hydrogen) atoms. The molecule has 0 radical (unpaired) electrons. The molecule has 6 nitrogen and oxygen atoms in total. The number of carbonyl (C=O) groups is 2. The molecule has 1 atom stereocenters. The van der Waals surface area contributed by atoms with Crippen LogP contribution in [0.5, 0.6) is 0 Å². The lowest BCUT2D eigenvalue weighted by molar-refractivity contribution is -0.872. The van der Waals surface area contributed by atoms with E-state index in [1.165, 1.54) is 13.8 Å². The van der Waals surface area contributed by atoms with Crippen molar-refractivity contribution in [2.75, 3.05) is 62.0 Å². The SMILES string of the molecule is CC(=O)C(O)C[N+](C)(C)C.CC(=O)OCC[N+](C)(C)C. The largest absolute Gasteiger partial charge is 0.460 e. The Balaban J connectivity index is 0. The Morgan fingerprint density at radius 1 is 1.00 bits per heavy atom. The normalized spacial score (nSPS) is 13.1. The van der Waals surface area contributed by atoms with E-state index >= 15 is 0 Å². The van der Waals surface area contributed by atoms with Crippen LogP contribution in [0.2, 0.25) is 0 Å². The summed E-state index contributed by atoms with van der Waals surface area (Å²) in [7, 11) is 12.0. The number of Topliss-reactive ketones (excluding diaryl/α,β-unsaturated/α-hetero) is 1. The summed E-state index contributed by atoms with van der Waals surface area (Å²) in [4.78, 5) is 20.9. The van der Waals surface area contributed by atoms with Gasteiger partial charge in [-0.05, 0) is 6.92 Å². The first-order valence-corrected chi connectivity index (χ1v) is 6.67. The van der Waals surface area contributed by atoms with Gasteiger partial charge in [0.25, 0.3) is 0 Å². The van der Waals surface area contributed by atoms with E-state index < -0.39 is 6.10 Å². The Labute approximate surface area is 123 Å². The van der Waals surface area contributed by atoms with Crippen LogP contribution in [-0.2, 0) is 14.3 Å². The molecule has 0 aromatic carbocycles. The number of aliphatic hydroxyl groups is 1. The molecule has 1 unspecified atom stereocenters. The molecule has 0 bridgehead atoms. The van der Waals surface area contributed by atoms with E-state index in [2.05, 4.69) is 21.1 Å². The number of esters is 1. The molecule has 0 aromatic rings. The van der Waals surface area contributed by atoms with Gasteiger partial charge < -0.3 is 18.8 Å². The topological polar surface area (TPSA) is 63.6 Å². The molecule has 0 saturated carbocycles. The summed E-state index contributed by atoms with van der Waals surface area (Å²) in [5.74, 6) is -0.360. The maximum Gasteiger partial charge on any atom is 0.302 e. The van der Waals surface area contributed by atoms with Crippen LogP contribution in [0.4, 0.5) is 0 Å². The monoisotopic (exact) mass is 292 g/mol. The van der Waals surface area contributed by atoms with Gasteiger partial charge in [-0.3, -0.25) is 9.59 Å². The van der Waals surface area contributed by atoms with Gasteiger partial charge in [0.15, 0.2) is 11.9 Å². The number of likely N-dealkylation sites (N-methyl/N-ethyl adjacent to an activating group) is 2. The van der Waals surface area contributed by atoms with Crippen LogP contribution in [0.25, 0.3) is 0 Å². The van der Waals surface area contributed by atoms with Crippen molar-refractivity contribution >= 4 is 11.8 Å². The maximum absolute atomic E-state index is 10.6. The Bertz CT molecular complexity index is 303. The lowest BCUT2D eigenvalue weighted by atomic mass is 10.2. The zero-order valence-corrected chi connectivity index (χ0v) is 14.3. The van der Waals surface area contributed by atoms with Crippen molar-refractivity contribution < 1.29 is 28.4 Å². The van der Waals surface area contributed by atoms with Crippen LogP contribution in [-0.4, -0.2) is 93.9 Å². The van der Waals surface area contributed by atoms with Crippen LogP contribution >= 0.6 is 0 Å². The number of aliphatic hydroxyl groups excluding tert-OH is 1. The molecular weight excluding hydrogens is 260 g/mol. The van der Waals surface area contributed by atoms with Gasteiger partial charge in [0, 0.05) is 6.92 Å². The van der Waals surface area contributed by atoms with Crippen molar-refractivity contribution in [3.05, 3.63) is 0 Å². The third-order valence-electron chi connectivity index (χ3n) is 2.26. The second-order valence-electron chi connectivity index (χ2n) is 6.95. The molecule has 1 N–H and O–H groups in total. The van der Waals surface area contributed by atoms with Crippen LogP contribution < -0.4 is 0 Å². The number of ether oxygens (including phenoxy) is 1. The van der Waals surface area contributed by atoms with Crippen molar-refractivity contribution in [1.82, 2.24) is 0 Å². The molecule has 0 heterocycles. The standard InChI is InChI=1S/2C7H16NO2/c1-7(9)10-6-5-8(2,3)4;1-6(9)7(10)5-8(2,3)4/h5-6H2,1-4H3;7,10H,5H2,1-4H3/q2*+1. The van der Waals surface area contributed by atoms with Gasteiger partial charge in [-0.1, -0.05) is 0 Å². The average Bonchev–Trinajstić information content (AvgIpc) is 2.12. The first kappa shape index (κ1) is 21.3. The highest BCUT2D eigenvalue weighted by atomic mass is 16.5. The summed E-state index contributed by atoms with van der Waals surface area (Å²) in [5.41, 5.74) is 0. The summed E-state index contributed by atoms with van der Waals surface area (Å²) in [6, 6.07) is 0. The van der Waals surface area contributed by atoms with Gasteiger partial charge in [-0.15, -0.1) is 0 Å². The number of hydrogen-bond acceptors (Lipinski definition) is 4. The minimum Gasteiger partial charge on any atom is -0.460 e. The molecule has 0 spiro atoms. The van der Waals surface area contributed by atoms with Crippen LogP contribution in [0.3, 0.4) is 0 Å². The lowest BCUT2D eigenvalue weighted by Crippen LogP contribution is -2.43. The predicted octanol–water partition coefficient (Wildman–Crippen LogP) is -0.102. The zero-order valence-electron chi connectivity index (χ0n) is 14.3. The summed E-state index contributed by atoms with van der Waals surface area (Å²) >= 11 is 0. The Hall–Kier alpha value is -0.980. The molecular formula is C14H32N2O4+2.